The van der Waals surface area contributed by atoms with Gasteiger partial charge in [-0.2, -0.15) is 0 Å². The first-order valence-electron chi connectivity index (χ1n) is 11.6. The molecule has 5 nitrogen and oxygen atoms in total. The number of benzene rings is 2. The molecule has 2 aliphatic heterocycles. The fraction of sp³-hybridized carbons (Fsp3) is 0.259. The highest BCUT2D eigenvalue weighted by Crippen LogP contribution is 2.34. The Hall–Kier alpha value is -3.09. The van der Waals surface area contributed by atoms with Gasteiger partial charge in [0.25, 0.3) is 5.91 Å². The third-order valence-corrected chi connectivity index (χ3v) is 7.79. The molecule has 1 amide bonds. The second-order valence-corrected chi connectivity index (χ2v) is 9.88. The SMILES string of the molecule is O=C(NCC1CCCCN1Cc1cccc2ccccc12)C1=Cc2cnc3cccc(n23)S1. The molecule has 1 fully saturated rings. The van der Waals surface area contributed by atoms with Gasteiger partial charge in [-0.3, -0.25) is 14.1 Å². The Morgan fingerprint density at radius 3 is 2.91 bits per heavy atom. The molecule has 1 N–H and O–H groups in total. The summed E-state index contributed by atoms with van der Waals surface area (Å²) >= 11 is 1.51. The van der Waals surface area contributed by atoms with E-state index in [9.17, 15) is 4.79 Å². The highest BCUT2D eigenvalue weighted by molar-refractivity contribution is 8.04. The zero-order valence-electron chi connectivity index (χ0n) is 18.4. The molecule has 0 bridgehead atoms. The van der Waals surface area contributed by atoms with Crippen LogP contribution in [0.5, 0.6) is 0 Å². The van der Waals surface area contributed by atoms with E-state index < -0.39 is 0 Å². The van der Waals surface area contributed by atoms with Gasteiger partial charge in [-0.05, 0) is 53.9 Å². The Morgan fingerprint density at radius 2 is 1.94 bits per heavy atom. The molecule has 2 aliphatic rings. The average Bonchev–Trinajstić information content (AvgIpc) is 3.28. The van der Waals surface area contributed by atoms with Crippen LogP contribution in [0.2, 0.25) is 0 Å². The monoisotopic (exact) mass is 454 g/mol. The minimum Gasteiger partial charge on any atom is -0.350 e. The summed E-state index contributed by atoms with van der Waals surface area (Å²) in [6.07, 6.45) is 7.32. The van der Waals surface area contributed by atoms with Crippen molar-refractivity contribution < 1.29 is 4.79 Å². The number of thioether (sulfide) groups is 1. The maximum absolute atomic E-state index is 13.1. The van der Waals surface area contributed by atoms with Crippen LogP contribution in [0.15, 0.2) is 76.8 Å². The minimum atomic E-state index is 0.000127. The molecule has 0 saturated carbocycles. The van der Waals surface area contributed by atoms with Crippen molar-refractivity contribution in [3.05, 3.63) is 83.0 Å². The zero-order chi connectivity index (χ0) is 22.2. The molecular weight excluding hydrogens is 428 g/mol. The number of imidazole rings is 1. The predicted octanol–water partition coefficient (Wildman–Crippen LogP) is 5.11. The van der Waals surface area contributed by atoms with E-state index in [1.54, 1.807) is 0 Å². The van der Waals surface area contributed by atoms with Crippen LogP contribution in [-0.4, -0.2) is 39.3 Å². The van der Waals surface area contributed by atoms with Gasteiger partial charge in [0.15, 0.2) is 0 Å². The van der Waals surface area contributed by atoms with Crippen LogP contribution in [0, 0.1) is 0 Å². The van der Waals surface area contributed by atoms with Crippen LogP contribution < -0.4 is 5.32 Å². The van der Waals surface area contributed by atoms with Crippen molar-refractivity contribution in [1.29, 1.82) is 0 Å². The van der Waals surface area contributed by atoms with E-state index in [1.807, 2.05) is 30.5 Å². The maximum atomic E-state index is 13.1. The van der Waals surface area contributed by atoms with Gasteiger partial charge in [0, 0.05) is 19.1 Å². The number of carbonyl (C=O) groups is 1. The van der Waals surface area contributed by atoms with Gasteiger partial charge in [0.2, 0.25) is 0 Å². The number of nitrogens with zero attached hydrogens (tertiary/aromatic N) is 3. The summed E-state index contributed by atoms with van der Waals surface area (Å²) in [6.45, 7) is 2.66. The van der Waals surface area contributed by atoms with Crippen molar-refractivity contribution in [2.75, 3.05) is 13.1 Å². The van der Waals surface area contributed by atoms with Gasteiger partial charge >= 0.3 is 0 Å². The summed E-state index contributed by atoms with van der Waals surface area (Å²) < 4.78 is 2.09. The Kier molecular flexibility index (Phi) is 5.40. The van der Waals surface area contributed by atoms with Gasteiger partial charge in [0.05, 0.1) is 21.8 Å². The van der Waals surface area contributed by atoms with E-state index >= 15 is 0 Å². The van der Waals surface area contributed by atoms with E-state index in [1.165, 1.54) is 40.9 Å². The Morgan fingerprint density at radius 1 is 1.06 bits per heavy atom. The first-order chi connectivity index (χ1) is 16.3. The number of hydrogen-bond acceptors (Lipinski definition) is 4. The summed E-state index contributed by atoms with van der Waals surface area (Å²) in [5.74, 6) is 0.000127. The van der Waals surface area contributed by atoms with Crippen molar-refractivity contribution in [2.45, 2.75) is 36.9 Å². The molecule has 2 aromatic carbocycles. The van der Waals surface area contributed by atoms with E-state index in [0.717, 1.165) is 40.8 Å². The number of piperidine rings is 1. The third-order valence-electron chi connectivity index (χ3n) is 6.74. The van der Waals surface area contributed by atoms with Crippen LogP contribution in [0.1, 0.15) is 30.5 Å². The van der Waals surface area contributed by atoms with Crippen LogP contribution in [0.25, 0.3) is 22.5 Å². The molecule has 1 unspecified atom stereocenters. The van der Waals surface area contributed by atoms with Gasteiger partial charge < -0.3 is 5.32 Å². The standard InChI is InChI=1S/C27H26N4OS/c32-27(24-15-22-17-28-25-12-6-13-26(33-24)31(22)25)29-16-21-10-3-4-14-30(21)18-20-9-5-8-19-7-1-2-11-23(19)20/h1-2,5-9,11-13,15,17,21H,3-4,10,14,16,18H2,(H,29,32). The maximum Gasteiger partial charge on any atom is 0.258 e. The number of carbonyl (C=O) groups excluding carboxylic acids is 1. The van der Waals surface area contributed by atoms with Crippen molar-refractivity contribution in [1.82, 2.24) is 19.6 Å². The Labute approximate surface area is 197 Å². The first kappa shape index (κ1) is 20.5. The van der Waals surface area contributed by atoms with Gasteiger partial charge in [-0.15, -0.1) is 0 Å². The molecular formula is C27H26N4OS. The quantitative estimate of drug-likeness (QED) is 0.456. The number of amides is 1. The lowest BCUT2D eigenvalue weighted by Gasteiger charge is -2.36. The molecule has 2 aromatic heterocycles. The number of likely N-dealkylation sites (tertiary alicyclic amines) is 1. The topological polar surface area (TPSA) is 49.6 Å². The molecule has 1 atom stereocenters. The number of rotatable bonds is 5. The van der Waals surface area contributed by atoms with E-state index in [2.05, 4.69) is 62.1 Å². The summed E-state index contributed by atoms with van der Waals surface area (Å²) in [5.41, 5.74) is 3.23. The summed E-state index contributed by atoms with van der Waals surface area (Å²) in [4.78, 5) is 20.8. The van der Waals surface area contributed by atoms with Crippen LogP contribution in [0.4, 0.5) is 0 Å². The second kappa shape index (κ2) is 8.69. The highest BCUT2D eigenvalue weighted by Gasteiger charge is 2.25. The molecule has 1 saturated heterocycles. The largest absolute Gasteiger partial charge is 0.350 e. The van der Waals surface area contributed by atoms with Gasteiger partial charge in [-0.1, -0.05) is 66.7 Å². The van der Waals surface area contributed by atoms with Crippen LogP contribution in [-0.2, 0) is 11.3 Å². The summed E-state index contributed by atoms with van der Waals surface area (Å²) in [6, 6.07) is 21.5. The smallest absolute Gasteiger partial charge is 0.258 e. The lowest BCUT2D eigenvalue weighted by molar-refractivity contribution is -0.117. The Bertz CT molecular complexity index is 1370. The van der Waals surface area contributed by atoms with Crippen LogP contribution in [0.3, 0.4) is 0 Å². The minimum absolute atomic E-state index is 0.000127. The van der Waals surface area contributed by atoms with Gasteiger partial charge in [0.1, 0.15) is 5.65 Å². The van der Waals surface area contributed by atoms with Crippen molar-refractivity contribution in [2.24, 2.45) is 0 Å². The van der Waals surface area contributed by atoms with E-state index in [0.29, 0.717) is 12.6 Å². The molecule has 0 aliphatic carbocycles. The summed E-state index contributed by atoms with van der Waals surface area (Å²) in [5, 5.41) is 6.87. The van der Waals surface area contributed by atoms with E-state index in [4.69, 9.17) is 0 Å². The molecule has 4 heterocycles. The molecule has 6 heteroatoms. The fourth-order valence-corrected chi connectivity index (χ4v) is 6.05. The van der Waals surface area contributed by atoms with Crippen molar-refractivity contribution >= 4 is 40.2 Å². The average molecular weight is 455 g/mol. The van der Waals surface area contributed by atoms with Crippen molar-refractivity contribution in [3.63, 3.8) is 0 Å². The van der Waals surface area contributed by atoms with Crippen molar-refractivity contribution in [3.8, 4) is 0 Å². The van der Waals surface area contributed by atoms with Crippen LogP contribution >= 0.6 is 11.8 Å². The zero-order valence-corrected chi connectivity index (χ0v) is 19.2. The number of aromatic nitrogens is 2. The number of pyridine rings is 1. The first-order valence-corrected chi connectivity index (χ1v) is 12.4. The highest BCUT2D eigenvalue weighted by atomic mass is 32.2. The fourth-order valence-electron chi connectivity index (χ4n) is 5.04. The molecule has 33 heavy (non-hydrogen) atoms. The molecule has 4 aromatic rings. The van der Waals surface area contributed by atoms with E-state index in [-0.39, 0.29) is 5.91 Å². The number of hydrogen-bond donors (Lipinski definition) is 1. The molecule has 6 rings (SSSR count). The number of nitrogens with one attached hydrogen (secondary N) is 1. The second-order valence-electron chi connectivity index (χ2n) is 8.82. The molecule has 0 radical (unpaired) electrons. The predicted molar refractivity (Wildman–Crippen MR) is 134 cm³/mol. The lowest BCUT2D eigenvalue weighted by Crippen LogP contribution is -2.46. The molecule has 0 spiro atoms. The Balaban J connectivity index is 1.16. The van der Waals surface area contributed by atoms with Gasteiger partial charge in [-0.25, -0.2) is 4.98 Å². The molecule has 166 valence electrons. The lowest BCUT2D eigenvalue weighted by atomic mass is 9.99. The normalized spacial score (nSPS) is 18.4. The summed E-state index contributed by atoms with van der Waals surface area (Å²) in [7, 11) is 0. The third kappa shape index (κ3) is 3.94. The number of fused-ring (bicyclic) bond motifs is 1.